The van der Waals surface area contributed by atoms with Crippen molar-refractivity contribution in [2.45, 2.75) is 13.8 Å². The normalized spacial score (nSPS) is 10.5. The lowest BCUT2D eigenvalue weighted by Crippen LogP contribution is -2.02. The molecule has 0 amide bonds. The number of esters is 2. The second-order valence-electron chi connectivity index (χ2n) is 6.01. The van der Waals surface area contributed by atoms with Crippen molar-refractivity contribution in [1.29, 1.82) is 0 Å². The number of methoxy groups -OCH3 is 2. The second kappa shape index (κ2) is 8.05. The van der Waals surface area contributed by atoms with Gasteiger partial charge in [0.2, 0.25) is 0 Å². The number of hydrogen-bond donors (Lipinski definition) is 0. The van der Waals surface area contributed by atoms with E-state index in [1.54, 1.807) is 18.2 Å². The van der Waals surface area contributed by atoms with E-state index < -0.39 is 11.9 Å². The SMILES string of the molecule is COc1cc(OC(C)=O)c2c(C=O)c(-c3ccc(OC(C)=O)cc3OC)oc2c1. The molecule has 0 spiro atoms. The molecule has 0 aliphatic heterocycles. The van der Waals surface area contributed by atoms with Crippen LogP contribution in [0.1, 0.15) is 24.2 Å². The summed E-state index contributed by atoms with van der Waals surface area (Å²) in [6, 6.07) is 7.74. The quantitative estimate of drug-likeness (QED) is 0.351. The van der Waals surface area contributed by atoms with Crippen LogP contribution in [0.4, 0.5) is 0 Å². The number of ether oxygens (including phenoxy) is 4. The predicted octanol–water partition coefficient (Wildman–Crippen LogP) is 3.78. The molecule has 150 valence electrons. The minimum atomic E-state index is -0.553. The summed E-state index contributed by atoms with van der Waals surface area (Å²) in [6.45, 7) is 2.54. The van der Waals surface area contributed by atoms with Gasteiger partial charge in [0.1, 0.15) is 34.3 Å². The maximum Gasteiger partial charge on any atom is 0.308 e. The van der Waals surface area contributed by atoms with E-state index in [-0.39, 0.29) is 22.8 Å². The van der Waals surface area contributed by atoms with E-state index in [1.165, 1.54) is 40.2 Å². The molecule has 1 heterocycles. The molecule has 3 rings (SSSR count). The number of hydrogen-bond acceptors (Lipinski definition) is 8. The lowest BCUT2D eigenvalue weighted by atomic mass is 10.0. The first-order valence-electron chi connectivity index (χ1n) is 8.52. The van der Waals surface area contributed by atoms with Crippen LogP contribution in [0.3, 0.4) is 0 Å². The van der Waals surface area contributed by atoms with E-state index in [4.69, 9.17) is 23.4 Å². The number of carbonyl (C=O) groups excluding carboxylic acids is 3. The zero-order valence-electron chi connectivity index (χ0n) is 16.2. The van der Waals surface area contributed by atoms with Gasteiger partial charge in [0, 0.05) is 32.0 Å². The van der Waals surface area contributed by atoms with Gasteiger partial charge in [-0.1, -0.05) is 0 Å². The van der Waals surface area contributed by atoms with Crippen LogP contribution in [0.15, 0.2) is 34.7 Å². The average Bonchev–Trinajstić information content (AvgIpc) is 3.05. The number of rotatable bonds is 6. The highest BCUT2D eigenvalue weighted by atomic mass is 16.5. The molecule has 0 aliphatic rings. The fraction of sp³-hybridized carbons (Fsp3) is 0.190. The summed E-state index contributed by atoms with van der Waals surface area (Å²) < 4.78 is 26.8. The van der Waals surface area contributed by atoms with Crippen molar-refractivity contribution < 1.29 is 37.7 Å². The molecule has 3 aromatic rings. The predicted molar refractivity (Wildman–Crippen MR) is 103 cm³/mol. The molecule has 8 heteroatoms. The zero-order chi connectivity index (χ0) is 21.1. The Hall–Kier alpha value is -3.81. The maximum atomic E-state index is 11.9. The van der Waals surface area contributed by atoms with Gasteiger partial charge in [-0.05, 0) is 12.1 Å². The molecule has 0 aliphatic carbocycles. The van der Waals surface area contributed by atoms with E-state index in [1.807, 2.05) is 0 Å². The van der Waals surface area contributed by atoms with Gasteiger partial charge in [-0.15, -0.1) is 0 Å². The van der Waals surface area contributed by atoms with Crippen molar-refractivity contribution >= 4 is 29.2 Å². The third-order valence-electron chi connectivity index (χ3n) is 4.05. The topological polar surface area (TPSA) is 101 Å². The number of aldehydes is 1. The summed E-state index contributed by atoms with van der Waals surface area (Å²) in [6.07, 6.45) is 0.611. The Bertz CT molecular complexity index is 1110. The van der Waals surface area contributed by atoms with Gasteiger partial charge >= 0.3 is 11.9 Å². The summed E-state index contributed by atoms with van der Waals surface area (Å²) in [5.41, 5.74) is 0.927. The molecule has 0 unspecified atom stereocenters. The number of furan rings is 1. The monoisotopic (exact) mass is 398 g/mol. The van der Waals surface area contributed by atoms with Crippen LogP contribution >= 0.6 is 0 Å². The molecule has 0 atom stereocenters. The minimum absolute atomic E-state index is 0.138. The van der Waals surface area contributed by atoms with E-state index in [2.05, 4.69) is 0 Å². The number of carbonyl (C=O) groups is 3. The molecule has 0 saturated heterocycles. The van der Waals surface area contributed by atoms with Gasteiger partial charge in [-0.25, -0.2) is 0 Å². The second-order valence-corrected chi connectivity index (χ2v) is 6.01. The van der Waals surface area contributed by atoms with Crippen LogP contribution in [-0.4, -0.2) is 32.4 Å². The van der Waals surface area contributed by atoms with Crippen molar-refractivity contribution in [2.75, 3.05) is 14.2 Å². The molecule has 0 fully saturated rings. The van der Waals surface area contributed by atoms with Crippen molar-refractivity contribution in [3.63, 3.8) is 0 Å². The molecular formula is C21H18O8. The van der Waals surface area contributed by atoms with Crippen LogP contribution in [0, 0.1) is 0 Å². The summed E-state index contributed by atoms with van der Waals surface area (Å²) in [5, 5.41) is 0.331. The Labute approximate surface area is 165 Å². The Kier molecular flexibility index (Phi) is 5.54. The third kappa shape index (κ3) is 3.91. The van der Waals surface area contributed by atoms with Crippen LogP contribution < -0.4 is 18.9 Å². The summed E-state index contributed by atoms with van der Waals surface area (Å²) >= 11 is 0. The molecule has 0 bridgehead atoms. The fourth-order valence-electron chi connectivity index (χ4n) is 2.94. The van der Waals surface area contributed by atoms with E-state index in [0.29, 0.717) is 34.3 Å². The average molecular weight is 398 g/mol. The van der Waals surface area contributed by atoms with Crippen molar-refractivity contribution in [3.8, 4) is 34.3 Å². The lowest BCUT2D eigenvalue weighted by Gasteiger charge is -2.09. The Morgan fingerprint density at radius 3 is 2.17 bits per heavy atom. The number of fused-ring (bicyclic) bond motifs is 1. The zero-order valence-corrected chi connectivity index (χ0v) is 16.2. The minimum Gasteiger partial charge on any atom is -0.496 e. The molecule has 8 nitrogen and oxygen atoms in total. The molecule has 29 heavy (non-hydrogen) atoms. The highest BCUT2D eigenvalue weighted by Crippen LogP contribution is 2.43. The van der Waals surface area contributed by atoms with Gasteiger partial charge in [0.15, 0.2) is 6.29 Å². The lowest BCUT2D eigenvalue weighted by molar-refractivity contribution is -0.132. The van der Waals surface area contributed by atoms with Crippen LogP contribution in [0.5, 0.6) is 23.0 Å². The molecule has 2 aromatic carbocycles. The van der Waals surface area contributed by atoms with Gasteiger partial charge < -0.3 is 23.4 Å². The van der Waals surface area contributed by atoms with Gasteiger partial charge in [-0.3, -0.25) is 14.4 Å². The van der Waals surface area contributed by atoms with E-state index in [0.717, 1.165) is 0 Å². The first-order chi connectivity index (χ1) is 13.9. The Morgan fingerprint density at radius 1 is 0.897 bits per heavy atom. The summed E-state index contributed by atoms with van der Waals surface area (Å²) in [7, 11) is 2.90. The molecule has 0 saturated carbocycles. The van der Waals surface area contributed by atoms with Crippen molar-refractivity contribution in [3.05, 3.63) is 35.9 Å². The third-order valence-corrected chi connectivity index (χ3v) is 4.05. The van der Waals surface area contributed by atoms with E-state index in [9.17, 15) is 14.4 Å². The standard InChI is InChI=1S/C21H18O8/c1-11(23)27-13-5-6-15(17(7-13)26-4)21-16(10-22)20-18(28-12(2)24)8-14(25-3)9-19(20)29-21/h5-10H,1-4H3. The maximum absolute atomic E-state index is 11.9. The Balaban J connectivity index is 2.26. The highest BCUT2D eigenvalue weighted by molar-refractivity contribution is 6.07. The van der Waals surface area contributed by atoms with Crippen molar-refractivity contribution in [1.82, 2.24) is 0 Å². The Morgan fingerprint density at radius 2 is 1.59 bits per heavy atom. The van der Waals surface area contributed by atoms with Gasteiger partial charge in [0.25, 0.3) is 0 Å². The molecule has 1 aromatic heterocycles. The first-order valence-corrected chi connectivity index (χ1v) is 8.52. The molecule has 0 N–H and O–H groups in total. The van der Waals surface area contributed by atoms with Crippen LogP contribution in [0.25, 0.3) is 22.3 Å². The smallest absolute Gasteiger partial charge is 0.308 e. The summed E-state index contributed by atoms with van der Waals surface area (Å²) in [4.78, 5) is 34.6. The largest absolute Gasteiger partial charge is 0.496 e. The fourth-order valence-corrected chi connectivity index (χ4v) is 2.94. The van der Waals surface area contributed by atoms with Crippen LogP contribution in [0.2, 0.25) is 0 Å². The summed E-state index contributed by atoms with van der Waals surface area (Å²) in [5.74, 6) is 0.319. The highest BCUT2D eigenvalue weighted by Gasteiger charge is 2.24. The van der Waals surface area contributed by atoms with Gasteiger partial charge in [0.05, 0.1) is 30.7 Å². The first kappa shape index (κ1) is 19.9. The number of benzene rings is 2. The molecular weight excluding hydrogens is 380 g/mol. The van der Waals surface area contributed by atoms with Gasteiger partial charge in [-0.2, -0.15) is 0 Å². The van der Waals surface area contributed by atoms with Crippen molar-refractivity contribution in [2.24, 2.45) is 0 Å². The van der Waals surface area contributed by atoms with E-state index >= 15 is 0 Å². The molecule has 0 radical (unpaired) electrons. The van der Waals surface area contributed by atoms with Crippen LogP contribution in [-0.2, 0) is 9.59 Å².